The molecule has 0 heterocycles. The second-order valence-electron chi connectivity index (χ2n) is 7.10. The maximum atomic E-state index is 13.2. The number of hydrogen-bond donors (Lipinski definition) is 1. The molecule has 0 saturated heterocycles. The molecule has 0 bridgehead atoms. The Balaban J connectivity index is 2.21. The number of nitrogens with zero attached hydrogens (tertiary/aromatic N) is 1. The van der Waals surface area contributed by atoms with E-state index in [1.54, 1.807) is 37.1 Å². The zero-order chi connectivity index (χ0) is 22.1. The van der Waals surface area contributed by atoms with E-state index < -0.39 is 6.04 Å². The second kappa shape index (κ2) is 11.8. The van der Waals surface area contributed by atoms with Gasteiger partial charge < -0.3 is 15.0 Å². The van der Waals surface area contributed by atoms with Crippen molar-refractivity contribution in [3.63, 3.8) is 0 Å². The number of amides is 2. The Morgan fingerprint density at radius 1 is 1.13 bits per heavy atom. The average Bonchev–Trinajstić information content (AvgIpc) is 2.73. The predicted molar refractivity (Wildman–Crippen MR) is 121 cm³/mol. The summed E-state index contributed by atoms with van der Waals surface area (Å²) in [6.45, 7) is 4.59. The first-order chi connectivity index (χ1) is 14.3. The monoisotopic (exact) mass is 450 g/mol. The average molecular weight is 451 g/mol. The molecule has 0 saturated carbocycles. The van der Waals surface area contributed by atoms with Gasteiger partial charge in [0.1, 0.15) is 11.8 Å². The molecule has 0 aliphatic carbocycles. The van der Waals surface area contributed by atoms with Crippen LogP contribution in [0.1, 0.15) is 37.8 Å². The number of unbranched alkanes of at least 4 members (excludes halogenated alkanes) is 1. The quantitative estimate of drug-likeness (QED) is 0.524. The molecule has 0 spiro atoms. The molecule has 2 aromatic rings. The standard InChI is InChI=1S/C23H28Cl2N2O3/c1-4-5-12-26-23(29)16(2)27(15-18-8-9-19(24)14-21(18)25)22(28)13-17-6-10-20(30-3)11-7-17/h6-11,14,16H,4-5,12-13,15H2,1-3H3,(H,26,29)/t16-/m1/s1. The fourth-order valence-electron chi connectivity index (χ4n) is 2.97. The van der Waals surface area contributed by atoms with Gasteiger partial charge in [0.2, 0.25) is 11.8 Å². The molecule has 30 heavy (non-hydrogen) atoms. The molecule has 2 amide bonds. The smallest absolute Gasteiger partial charge is 0.242 e. The van der Waals surface area contributed by atoms with Gasteiger partial charge in [0, 0.05) is 23.1 Å². The summed E-state index contributed by atoms with van der Waals surface area (Å²) >= 11 is 12.3. The third-order valence-electron chi connectivity index (χ3n) is 4.87. The number of halogens is 2. The van der Waals surface area contributed by atoms with Crippen LogP contribution in [0.15, 0.2) is 42.5 Å². The van der Waals surface area contributed by atoms with E-state index in [-0.39, 0.29) is 24.8 Å². The molecule has 0 radical (unpaired) electrons. The van der Waals surface area contributed by atoms with E-state index in [0.29, 0.717) is 16.6 Å². The van der Waals surface area contributed by atoms with E-state index in [9.17, 15) is 9.59 Å². The molecule has 5 nitrogen and oxygen atoms in total. The Kier molecular flexibility index (Phi) is 9.47. The molecule has 1 atom stereocenters. The van der Waals surface area contributed by atoms with E-state index in [2.05, 4.69) is 12.2 Å². The lowest BCUT2D eigenvalue weighted by molar-refractivity contribution is -0.140. The molecule has 0 aliphatic heterocycles. The Labute approximate surface area is 188 Å². The van der Waals surface area contributed by atoms with Crippen molar-refractivity contribution in [3.05, 3.63) is 63.6 Å². The SMILES string of the molecule is CCCCNC(=O)[C@@H](C)N(Cc1ccc(Cl)cc1Cl)C(=O)Cc1ccc(OC)cc1. The fourth-order valence-corrected chi connectivity index (χ4v) is 3.44. The van der Waals surface area contributed by atoms with Gasteiger partial charge in [0.05, 0.1) is 13.5 Å². The van der Waals surface area contributed by atoms with Crippen LogP contribution < -0.4 is 10.1 Å². The number of benzene rings is 2. The molecule has 0 fully saturated rings. The van der Waals surface area contributed by atoms with Crippen molar-refractivity contribution in [3.8, 4) is 5.75 Å². The minimum Gasteiger partial charge on any atom is -0.497 e. The topological polar surface area (TPSA) is 58.6 Å². The number of hydrogen-bond acceptors (Lipinski definition) is 3. The second-order valence-corrected chi connectivity index (χ2v) is 7.95. The van der Waals surface area contributed by atoms with Gasteiger partial charge in [-0.3, -0.25) is 9.59 Å². The van der Waals surface area contributed by atoms with Crippen molar-refractivity contribution in [1.29, 1.82) is 0 Å². The first-order valence-corrected chi connectivity index (χ1v) is 10.7. The molecule has 2 rings (SSSR count). The largest absolute Gasteiger partial charge is 0.497 e. The molecular weight excluding hydrogens is 423 g/mol. The summed E-state index contributed by atoms with van der Waals surface area (Å²) in [5.74, 6) is 0.376. The van der Waals surface area contributed by atoms with Gasteiger partial charge in [-0.25, -0.2) is 0 Å². The lowest BCUT2D eigenvalue weighted by atomic mass is 10.1. The maximum Gasteiger partial charge on any atom is 0.242 e. The van der Waals surface area contributed by atoms with Gasteiger partial charge in [-0.05, 0) is 48.7 Å². The van der Waals surface area contributed by atoms with Crippen LogP contribution in [0.3, 0.4) is 0 Å². The number of ether oxygens (including phenoxy) is 1. The number of rotatable bonds is 10. The van der Waals surface area contributed by atoms with Crippen LogP contribution in [0.5, 0.6) is 5.75 Å². The van der Waals surface area contributed by atoms with Crippen molar-refractivity contribution >= 4 is 35.0 Å². The molecule has 1 N–H and O–H groups in total. The maximum absolute atomic E-state index is 13.2. The predicted octanol–water partition coefficient (Wildman–Crippen LogP) is 4.88. The highest BCUT2D eigenvalue weighted by Gasteiger charge is 2.26. The third-order valence-corrected chi connectivity index (χ3v) is 5.45. The van der Waals surface area contributed by atoms with E-state index in [1.807, 2.05) is 24.3 Å². The summed E-state index contributed by atoms with van der Waals surface area (Å²) in [6, 6.07) is 11.8. The minimum atomic E-state index is -0.639. The highest BCUT2D eigenvalue weighted by atomic mass is 35.5. The van der Waals surface area contributed by atoms with E-state index in [0.717, 1.165) is 29.7 Å². The molecule has 7 heteroatoms. The summed E-state index contributed by atoms with van der Waals surface area (Å²) < 4.78 is 5.17. The van der Waals surface area contributed by atoms with Crippen LogP contribution >= 0.6 is 23.2 Å². The first-order valence-electron chi connectivity index (χ1n) is 9.99. The van der Waals surface area contributed by atoms with Gasteiger partial charge in [-0.1, -0.05) is 54.7 Å². The molecule has 162 valence electrons. The van der Waals surface area contributed by atoms with Crippen molar-refractivity contribution in [2.24, 2.45) is 0 Å². The minimum absolute atomic E-state index is 0.163. The van der Waals surface area contributed by atoms with Crippen LogP contribution in [-0.4, -0.2) is 36.4 Å². The van der Waals surface area contributed by atoms with Gasteiger partial charge in [0.15, 0.2) is 0 Å². The van der Waals surface area contributed by atoms with Crippen molar-refractivity contribution in [1.82, 2.24) is 10.2 Å². The van der Waals surface area contributed by atoms with Gasteiger partial charge in [-0.15, -0.1) is 0 Å². The number of carbonyl (C=O) groups excluding carboxylic acids is 2. The third kappa shape index (κ3) is 6.92. The molecule has 0 aliphatic rings. The summed E-state index contributed by atoms with van der Waals surface area (Å²) in [5.41, 5.74) is 1.57. The van der Waals surface area contributed by atoms with E-state index in [4.69, 9.17) is 27.9 Å². The summed E-state index contributed by atoms with van der Waals surface area (Å²) in [5, 5.41) is 3.88. The van der Waals surface area contributed by atoms with Gasteiger partial charge >= 0.3 is 0 Å². The van der Waals surface area contributed by atoms with Gasteiger partial charge in [-0.2, -0.15) is 0 Å². The van der Waals surface area contributed by atoms with Crippen molar-refractivity contribution in [2.45, 2.75) is 45.7 Å². The number of methoxy groups -OCH3 is 1. The van der Waals surface area contributed by atoms with Crippen LogP contribution in [-0.2, 0) is 22.6 Å². The Bertz CT molecular complexity index is 856. The lowest BCUT2D eigenvalue weighted by Crippen LogP contribution is -2.48. The number of nitrogens with one attached hydrogen (secondary N) is 1. The highest BCUT2D eigenvalue weighted by Crippen LogP contribution is 2.24. The first kappa shape index (κ1) is 24.0. The van der Waals surface area contributed by atoms with Crippen molar-refractivity contribution in [2.75, 3.05) is 13.7 Å². The Morgan fingerprint density at radius 2 is 1.83 bits per heavy atom. The Morgan fingerprint density at radius 3 is 2.43 bits per heavy atom. The summed E-state index contributed by atoms with van der Waals surface area (Å²) in [7, 11) is 1.59. The normalized spacial score (nSPS) is 11.6. The highest BCUT2D eigenvalue weighted by molar-refractivity contribution is 6.35. The Hall–Kier alpha value is -2.24. The zero-order valence-electron chi connectivity index (χ0n) is 17.6. The summed E-state index contributed by atoms with van der Waals surface area (Å²) in [4.78, 5) is 27.4. The zero-order valence-corrected chi connectivity index (χ0v) is 19.1. The number of carbonyl (C=O) groups is 2. The van der Waals surface area contributed by atoms with E-state index in [1.165, 1.54) is 0 Å². The van der Waals surface area contributed by atoms with Crippen LogP contribution in [0, 0.1) is 0 Å². The van der Waals surface area contributed by atoms with Crippen molar-refractivity contribution < 1.29 is 14.3 Å². The van der Waals surface area contributed by atoms with Gasteiger partial charge in [0.25, 0.3) is 0 Å². The molecule has 0 aromatic heterocycles. The summed E-state index contributed by atoms with van der Waals surface area (Å²) in [6.07, 6.45) is 2.04. The van der Waals surface area contributed by atoms with Crippen LogP contribution in [0.4, 0.5) is 0 Å². The lowest BCUT2D eigenvalue weighted by Gasteiger charge is -2.29. The molecule has 2 aromatic carbocycles. The molecular formula is C23H28Cl2N2O3. The van der Waals surface area contributed by atoms with Crippen LogP contribution in [0.25, 0.3) is 0 Å². The van der Waals surface area contributed by atoms with E-state index >= 15 is 0 Å². The molecule has 0 unspecified atom stereocenters. The van der Waals surface area contributed by atoms with Crippen LogP contribution in [0.2, 0.25) is 10.0 Å². The fraction of sp³-hybridized carbons (Fsp3) is 0.391.